The second-order valence-electron chi connectivity index (χ2n) is 11.4. The Bertz CT molecular complexity index is 2010. The van der Waals surface area contributed by atoms with Crippen LogP contribution in [0.15, 0.2) is 66.6 Å². The number of aromatic nitrogens is 3. The van der Waals surface area contributed by atoms with Gasteiger partial charge in [0.05, 0.1) is 30.6 Å². The third-order valence-electron chi connectivity index (χ3n) is 8.47. The molecule has 5 heterocycles. The topological polar surface area (TPSA) is 89.4 Å². The van der Waals surface area contributed by atoms with Gasteiger partial charge in [-0.3, -0.25) is 14.3 Å². The van der Waals surface area contributed by atoms with Gasteiger partial charge in [0, 0.05) is 51.5 Å². The second-order valence-corrected chi connectivity index (χ2v) is 12.3. The SMILES string of the molecule is C=CC(=O)N1CCn2nc(-c3nc(-c4ccc5c(c4)CCNC5=O)c4ccsc4c3-c3ccc(F)cc3OC3CC3)cc2C1. The second kappa shape index (κ2) is 10.4. The summed E-state index contributed by atoms with van der Waals surface area (Å²) in [4.78, 5) is 31.9. The third-order valence-corrected chi connectivity index (χ3v) is 9.40. The summed E-state index contributed by atoms with van der Waals surface area (Å²) in [7, 11) is 0. The number of nitrogens with one attached hydrogen (secondary N) is 1. The first-order valence-electron chi connectivity index (χ1n) is 14.7. The Morgan fingerprint density at radius 2 is 1.95 bits per heavy atom. The minimum Gasteiger partial charge on any atom is -0.490 e. The van der Waals surface area contributed by atoms with Crippen molar-refractivity contribution in [2.24, 2.45) is 0 Å². The van der Waals surface area contributed by atoms with Gasteiger partial charge in [-0.15, -0.1) is 11.3 Å². The van der Waals surface area contributed by atoms with Gasteiger partial charge in [-0.05, 0) is 72.7 Å². The molecule has 220 valence electrons. The number of fused-ring (bicyclic) bond motifs is 3. The molecule has 2 aliphatic heterocycles. The molecule has 0 atom stereocenters. The molecule has 0 bridgehead atoms. The van der Waals surface area contributed by atoms with Gasteiger partial charge in [0.1, 0.15) is 23.0 Å². The van der Waals surface area contributed by atoms with Crippen LogP contribution in [0.1, 0.15) is 34.5 Å². The van der Waals surface area contributed by atoms with Gasteiger partial charge in [0.25, 0.3) is 5.91 Å². The third kappa shape index (κ3) is 4.57. The van der Waals surface area contributed by atoms with Crippen LogP contribution in [-0.4, -0.2) is 50.7 Å². The lowest BCUT2D eigenvalue weighted by molar-refractivity contribution is -0.127. The maximum absolute atomic E-state index is 14.6. The number of pyridine rings is 1. The summed E-state index contributed by atoms with van der Waals surface area (Å²) in [5.74, 6) is -0.0473. The van der Waals surface area contributed by atoms with Crippen molar-refractivity contribution in [2.75, 3.05) is 13.1 Å². The number of amides is 2. The van der Waals surface area contributed by atoms with Crippen LogP contribution < -0.4 is 10.1 Å². The largest absolute Gasteiger partial charge is 0.490 e. The van der Waals surface area contributed by atoms with Crippen molar-refractivity contribution >= 4 is 33.2 Å². The maximum Gasteiger partial charge on any atom is 0.251 e. The van der Waals surface area contributed by atoms with E-state index < -0.39 is 0 Å². The lowest BCUT2D eigenvalue weighted by atomic mass is 9.94. The first-order valence-corrected chi connectivity index (χ1v) is 15.6. The predicted octanol–water partition coefficient (Wildman–Crippen LogP) is 5.99. The normalized spacial score (nSPS) is 15.9. The number of carbonyl (C=O) groups is 2. The molecule has 3 aromatic heterocycles. The average molecular weight is 606 g/mol. The van der Waals surface area contributed by atoms with Crippen LogP contribution in [0.4, 0.5) is 4.39 Å². The Morgan fingerprint density at radius 3 is 2.80 bits per heavy atom. The number of carbonyl (C=O) groups excluding carboxylic acids is 2. The molecule has 0 saturated heterocycles. The smallest absolute Gasteiger partial charge is 0.251 e. The highest BCUT2D eigenvalue weighted by Gasteiger charge is 2.29. The van der Waals surface area contributed by atoms with E-state index in [0.717, 1.165) is 63.0 Å². The number of nitrogens with zero attached hydrogens (tertiary/aromatic N) is 4. The molecule has 0 spiro atoms. The van der Waals surface area contributed by atoms with Crippen LogP contribution in [-0.2, 0) is 24.3 Å². The highest BCUT2D eigenvalue weighted by Crippen LogP contribution is 2.47. The fraction of sp³-hybridized carbons (Fsp3) is 0.235. The molecule has 8 rings (SSSR count). The number of halogens is 1. The molecule has 3 aliphatic rings. The molecule has 0 radical (unpaired) electrons. The molecular formula is C34H28FN5O3S. The molecule has 5 aromatic rings. The zero-order chi connectivity index (χ0) is 29.9. The Morgan fingerprint density at radius 1 is 1.09 bits per heavy atom. The van der Waals surface area contributed by atoms with E-state index in [-0.39, 0.29) is 23.7 Å². The molecule has 10 heteroatoms. The monoisotopic (exact) mass is 605 g/mol. The zero-order valence-corrected chi connectivity index (χ0v) is 24.6. The molecule has 1 aliphatic carbocycles. The van der Waals surface area contributed by atoms with Crippen molar-refractivity contribution in [3.63, 3.8) is 0 Å². The van der Waals surface area contributed by atoms with E-state index in [1.165, 1.54) is 18.2 Å². The van der Waals surface area contributed by atoms with Crippen LogP contribution >= 0.6 is 11.3 Å². The van der Waals surface area contributed by atoms with Crippen LogP contribution in [0.2, 0.25) is 0 Å². The summed E-state index contributed by atoms with van der Waals surface area (Å²) >= 11 is 1.59. The Labute approximate surface area is 256 Å². The van der Waals surface area contributed by atoms with Gasteiger partial charge in [-0.2, -0.15) is 5.10 Å². The molecule has 1 fully saturated rings. The van der Waals surface area contributed by atoms with Gasteiger partial charge in [-0.25, -0.2) is 9.37 Å². The molecular weight excluding hydrogens is 577 g/mol. The Hall–Kier alpha value is -4.83. The van der Waals surface area contributed by atoms with Gasteiger partial charge in [-0.1, -0.05) is 12.6 Å². The fourth-order valence-electron chi connectivity index (χ4n) is 6.12. The lowest BCUT2D eigenvalue weighted by Gasteiger charge is -2.26. The standard InChI is InChI=1S/C34H28FN5O3S/c1-2-29(41)39-12-13-40-22(18-39)17-27(38-40)32-30(25-8-4-21(35)16-28(25)43-23-5-6-23)33-26(10-14-44-33)31(37-32)20-3-7-24-19(15-20)9-11-36-34(24)42/h2-4,7-8,10,14-17,23H,1,5-6,9,11-13,18H2,(H,36,42). The number of hydrogen-bond acceptors (Lipinski definition) is 6. The van der Waals surface area contributed by atoms with Crippen molar-refractivity contribution < 1.29 is 18.7 Å². The van der Waals surface area contributed by atoms with E-state index >= 15 is 0 Å². The van der Waals surface area contributed by atoms with Crippen molar-refractivity contribution in [3.8, 4) is 39.5 Å². The maximum atomic E-state index is 14.6. The summed E-state index contributed by atoms with van der Waals surface area (Å²) in [6, 6.07) is 14.6. The molecule has 2 aromatic carbocycles. The van der Waals surface area contributed by atoms with Crippen LogP contribution in [0.5, 0.6) is 5.75 Å². The molecule has 2 amide bonds. The molecule has 1 N–H and O–H groups in total. The minimum absolute atomic E-state index is 0.0606. The van der Waals surface area contributed by atoms with E-state index in [9.17, 15) is 14.0 Å². The van der Waals surface area contributed by atoms with E-state index in [1.54, 1.807) is 22.3 Å². The average Bonchev–Trinajstić information content (AvgIpc) is 3.53. The van der Waals surface area contributed by atoms with Crippen molar-refractivity contribution in [1.82, 2.24) is 25.0 Å². The highest BCUT2D eigenvalue weighted by atomic mass is 32.1. The molecule has 44 heavy (non-hydrogen) atoms. The number of benzene rings is 2. The number of hydrogen-bond donors (Lipinski definition) is 1. The number of thiophene rings is 1. The Kier molecular flexibility index (Phi) is 6.33. The summed E-state index contributed by atoms with van der Waals surface area (Å²) in [5.41, 5.74) is 7.19. The molecule has 1 saturated carbocycles. The quantitative estimate of drug-likeness (QED) is 0.240. The van der Waals surface area contributed by atoms with Crippen LogP contribution in [0.3, 0.4) is 0 Å². The summed E-state index contributed by atoms with van der Waals surface area (Å²) < 4.78 is 23.7. The lowest BCUT2D eigenvalue weighted by Crippen LogP contribution is -2.37. The van der Waals surface area contributed by atoms with Gasteiger partial charge in [0.2, 0.25) is 5.91 Å². The first-order chi connectivity index (χ1) is 21.5. The van der Waals surface area contributed by atoms with Crippen LogP contribution in [0, 0.1) is 5.82 Å². The Balaban J connectivity index is 1.35. The molecule has 0 unspecified atom stereocenters. The predicted molar refractivity (Wildman–Crippen MR) is 167 cm³/mol. The number of rotatable bonds is 6. The van der Waals surface area contributed by atoms with Crippen molar-refractivity contribution in [1.29, 1.82) is 0 Å². The summed E-state index contributed by atoms with van der Waals surface area (Å²) in [6.07, 6.45) is 4.04. The fourth-order valence-corrected chi connectivity index (χ4v) is 7.08. The van der Waals surface area contributed by atoms with Gasteiger partial charge < -0.3 is 15.0 Å². The first kappa shape index (κ1) is 26.8. The van der Waals surface area contributed by atoms with E-state index in [2.05, 4.69) is 24.0 Å². The van der Waals surface area contributed by atoms with Gasteiger partial charge in [0.15, 0.2) is 0 Å². The van der Waals surface area contributed by atoms with Crippen molar-refractivity contribution in [2.45, 2.75) is 38.5 Å². The minimum atomic E-state index is -0.361. The van der Waals surface area contributed by atoms with Gasteiger partial charge >= 0.3 is 0 Å². The van der Waals surface area contributed by atoms with E-state index in [1.807, 2.05) is 28.3 Å². The van der Waals surface area contributed by atoms with Crippen LogP contribution in [0.25, 0.3) is 43.9 Å². The zero-order valence-electron chi connectivity index (χ0n) is 23.8. The summed E-state index contributed by atoms with van der Waals surface area (Å²) in [5, 5.41) is 10.9. The highest BCUT2D eigenvalue weighted by molar-refractivity contribution is 7.18. The summed E-state index contributed by atoms with van der Waals surface area (Å²) in [6.45, 7) is 5.74. The number of ether oxygens (including phenoxy) is 1. The molecule has 8 nitrogen and oxygen atoms in total. The van der Waals surface area contributed by atoms with Crippen molar-refractivity contribution in [3.05, 3.63) is 89.2 Å². The van der Waals surface area contributed by atoms with E-state index in [0.29, 0.717) is 48.9 Å². The van der Waals surface area contributed by atoms with E-state index in [4.69, 9.17) is 14.8 Å².